The largest absolute Gasteiger partial charge is 0.365 e. The van der Waals surface area contributed by atoms with Gasteiger partial charge in [0.25, 0.3) is 0 Å². The molecular formula is C14H24N4S. The molecule has 5 heteroatoms. The molecule has 2 heterocycles. The molecule has 0 atom stereocenters. The summed E-state index contributed by atoms with van der Waals surface area (Å²) in [6, 6.07) is 1.96. The molecule has 0 saturated heterocycles. The summed E-state index contributed by atoms with van der Waals surface area (Å²) in [5.74, 6) is 1.20. The third-order valence-electron chi connectivity index (χ3n) is 3.97. The molecule has 0 amide bonds. The smallest absolute Gasteiger partial charge is 0.156 e. The molecule has 0 saturated carbocycles. The van der Waals surface area contributed by atoms with Crippen molar-refractivity contribution in [3.05, 3.63) is 18.5 Å². The van der Waals surface area contributed by atoms with Crippen molar-refractivity contribution in [2.24, 2.45) is 10.4 Å². The van der Waals surface area contributed by atoms with Crippen LogP contribution in [0.25, 0.3) is 0 Å². The van der Waals surface area contributed by atoms with E-state index in [1.54, 1.807) is 0 Å². The third kappa shape index (κ3) is 4.00. The molecule has 0 unspecified atom stereocenters. The Labute approximate surface area is 120 Å². The van der Waals surface area contributed by atoms with Gasteiger partial charge in [0, 0.05) is 37.8 Å². The SMILES string of the molecule is CCC1(CC)CN=C(NCCCn2cccn2)SC1. The van der Waals surface area contributed by atoms with Crippen LogP contribution in [-0.4, -0.2) is 33.8 Å². The Kier molecular flexibility index (Phi) is 5.31. The van der Waals surface area contributed by atoms with Gasteiger partial charge in [0.05, 0.1) is 0 Å². The number of nitrogens with zero attached hydrogens (tertiary/aromatic N) is 3. The Morgan fingerprint density at radius 2 is 2.26 bits per heavy atom. The molecule has 0 aliphatic carbocycles. The first kappa shape index (κ1) is 14.4. The molecule has 106 valence electrons. The molecule has 4 nitrogen and oxygen atoms in total. The Morgan fingerprint density at radius 3 is 2.84 bits per heavy atom. The van der Waals surface area contributed by atoms with E-state index in [-0.39, 0.29) is 0 Å². The Bertz CT molecular complexity index is 396. The highest BCUT2D eigenvalue weighted by molar-refractivity contribution is 8.13. The molecule has 1 aromatic rings. The highest BCUT2D eigenvalue weighted by Gasteiger charge is 2.29. The van der Waals surface area contributed by atoms with Crippen molar-refractivity contribution in [3.8, 4) is 0 Å². The van der Waals surface area contributed by atoms with Crippen LogP contribution in [0.3, 0.4) is 0 Å². The van der Waals surface area contributed by atoms with E-state index in [1.807, 2.05) is 34.9 Å². The van der Waals surface area contributed by atoms with E-state index in [4.69, 9.17) is 4.99 Å². The van der Waals surface area contributed by atoms with Crippen LogP contribution in [0.4, 0.5) is 0 Å². The zero-order chi connectivity index (χ0) is 13.6. The minimum Gasteiger partial charge on any atom is -0.365 e. The lowest BCUT2D eigenvalue weighted by atomic mass is 9.84. The summed E-state index contributed by atoms with van der Waals surface area (Å²) >= 11 is 1.88. The lowest BCUT2D eigenvalue weighted by molar-refractivity contribution is 0.318. The van der Waals surface area contributed by atoms with Crippen molar-refractivity contribution in [2.75, 3.05) is 18.8 Å². The summed E-state index contributed by atoms with van der Waals surface area (Å²) in [5.41, 5.74) is 0.435. The first-order valence-corrected chi connectivity index (χ1v) is 8.15. The van der Waals surface area contributed by atoms with Gasteiger partial charge in [-0.05, 0) is 30.7 Å². The number of nitrogens with one attached hydrogen (secondary N) is 1. The lowest BCUT2D eigenvalue weighted by Crippen LogP contribution is -2.35. The van der Waals surface area contributed by atoms with Crippen LogP contribution in [0, 0.1) is 5.41 Å². The second-order valence-corrected chi connectivity index (χ2v) is 6.13. The summed E-state index contributed by atoms with van der Waals surface area (Å²) in [6.07, 6.45) is 7.36. The Morgan fingerprint density at radius 1 is 1.42 bits per heavy atom. The minimum atomic E-state index is 0.435. The predicted molar refractivity (Wildman–Crippen MR) is 82.6 cm³/mol. The molecule has 1 aromatic heterocycles. The number of thioether (sulfide) groups is 1. The first-order valence-electron chi connectivity index (χ1n) is 7.16. The maximum Gasteiger partial charge on any atom is 0.156 e. The summed E-state index contributed by atoms with van der Waals surface area (Å²) in [4.78, 5) is 4.71. The minimum absolute atomic E-state index is 0.435. The molecule has 19 heavy (non-hydrogen) atoms. The molecule has 0 radical (unpaired) electrons. The number of aliphatic imine (C=N–C) groups is 1. The van der Waals surface area contributed by atoms with E-state index in [0.29, 0.717) is 5.41 Å². The standard InChI is InChI=1S/C14H24N4S/c1-3-14(4-2)11-16-13(19-12-14)15-7-5-9-18-10-6-8-17-18/h6,8,10H,3-5,7,9,11-12H2,1-2H3,(H,15,16). The van der Waals surface area contributed by atoms with E-state index in [2.05, 4.69) is 24.3 Å². The average Bonchev–Trinajstić information content (AvgIpc) is 2.98. The van der Waals surface area contributed by atoms with Gasteiger partial charge in [0.15, 0.2) is 5.17 Å². The highest BCUT2D eigenvalue weighted by atomic mass is 32.2. The van der Waals surface area contributed by atoms with Gasteiger partial charge in [0.1, 0.15) is 0 Å². The molecule has 0 fully saturated rings. The van der Waals surface area contributed by atoms with Crippen molar-refractivity contribution >= 4 is 16.9 Å². The average molecular weight is 280 g/mol. The van der Waals surface area contributed by atoms with Crippen LogP contribution in [0.2, 0.25) is 0 Å². The van der Waals surface area contributed by atoms with Gasteiger partial charge in [-0.15, -0.1) is 0 Å². The Balaban J connectivity index is 1.68. The van der Waals surface area contributed by atoms with Crippen molar-refractivity contribution in [3.63, 3.8) is 0 Å². The zero-order valence-corrected chi connectivity index (χ0v) is 12.7. The van der Waals surface area contributed by atoms with Gasteiger partial charge >= 0.3 is 0 Å². The Hall–Kier alpha value is -0.970. The van der Waals surface area contributed by atoms with E-state index < -0.39 is 0 Å². The van der Waals surface area contributed by atoms with Gasteiger partial charge < -0.3 is 5.32 Å². The number of amidine groups is 1. The monoisotopic (exact) mass is 280 g/mol. The fraction of sp³-hybridized carbons (Fsp3) is 0.714. The van der Waals surface area contributed by atoms with Gasteiger partial charge in [0.2, 0.25) is 0 Å². The lowest BCUT2D eigenvalue weighted by Gasteiger charge is -2.33. The zero-order valence-electron chi connectivity index (χ0n) is 11.9. The van der Waals surface area contributed by atoms with Crippen molar-refractivity contribution in [1.29, 1.82) is 0 Å². The topological polar surface area (TPSA) is 42.2 Å². The van der Waals surface area contributed by atoms with Gasteiger partial charge in [-0.2, -0.15) is 5.10 Å². The maximum atomic E-state index is 4.71. The summed E-state index contributed by atoms with van der Waals surface area (Å²) < 4.78 is 1.97. The van der Waals surface area contributed by atoms with Crippen molar-refractivity contribution in [1.82, 2.24) is 15.1 Å². The van der Waals surface area contributed by atoms with E-state index >= 15 is 0 Å². The van der Waals surface area contributed by atoms with Crippen LogP contribution in [0.1, 0.15) is 33.1 Å². The highest BCUT2D eigenvalue weighted by Crippen LogP contribution is 2.34. The molecule has 0 spiro atoms. The summed E-state index contributed by atoms with van der Waals surface area (Å²) in [6.45, 7) is 7.47. The third-order valence-corrected chi connectivity index (χ3v) is 5.28. The number of hydrogen-bond acceptors (Lipinski definition) is 4. The molecular weight excluding hydrogens is 256 g/mol. The van der Waals surface area contributed by atoms with Gasteiger partial charge in [-0.3, -0.25) is 9.67 Å². The number of aryl methyl sites for hydroxylation is 1. The van der Waals surface area contributed by atoms with Crippen LogP contribution >= 0.6 is 11.8 Å². The van der Waals surface area contributed by atoms with Gasteiger partial charge in [-0.25, -0.2) is 0 Å². The predicted octanol–water partition coefficient (Wildman–Crippen LogP) is 2.77. The normalized spacial score (nSPS) is 18.1. The number of aromatic nitrogens is 2. The number of hydrogen-bond donors (Lipinski definition) is 1. The van der Waals surface area contributed by atoms with Crippen LogP contribution in [0.5, 0.6) is 0 Å². The fourth-order valence-electron chi connectivity index (χ4n) is 2.21. The van der Waals surface area contributed by atoms with E-state index in [9.17, 15) is 0 Å². The van der Waals surface area contributed by atoms with Crippen LogP contribution < -0.4 is 5.32 Å². The molecule has 1 aliphatic heterocycles. The summed E-state index contributed by atoms with van der Waals surface area (Å²) in [7, 11) is 0. The van der Waals surface area contributed by atoms with Crippen molar-refractivity contribution < 1.29 is 0 Å². The molecule has 0 bridgehead atoms. The van der Waals surface area contributed by atoms with Gasteiger partial charge in [-0.1, -0.05) is 25.6 Å². The number of rotatable bonds is 6. The van der Waals surface area contributed by atoms with E-state index in [1.165, 1.54) is 18.6 Å². The van der Waals surface area contributed by atoms with E-state index in [0.717, 1.165) is 31.2 Å². The van der Waals surface area contributed by atoms with Crippen LogP contribution in [0.15, 0.2) is 23.5 Å². The molecule has 0 aromatic carbocycles. The second-order valence-electron chi connectivity index (χ2n) is 5.17. The molecule has 1 N–H and O–H groups in total. The van der Waals surface area contributed by atoms with Crippen LogP contribution in [-0.2, 0) is 6.54 Å². The second kappa shape index (κ2) is 6.98. The van der Waals surface area contributed by atoms with Crippen molar-refractivity contribution in [2.45, 2.75) is 39.7 Å². The fourth-order valence-corrected chi connectivity index (χ4v) is 3.51. The molecule has 1 aliphatic rings. The first-order chi connectivity index (χ1) is 9.28. The summed E-state index contributed by atoms with van der Waals surface area (Å²) in [5, 5.41) is 8.76. The quantitative estimate of drug-likeness (QED) is 0.815. The maximum absolute atomic E-state index is 4.71. The molecule has 2 rings (SSSR count).